The van der Waals surface area contributed by atoms with E-state index in [1.807, 2.05) is 4.90 Å². The van der Waals surface area contributed by atoms with Gasteiger partial charge >= 0.3 is 0 Å². The summed E-state index contributed by atoms with van der Waals surface area (Å²) in [4.78, 5) is 17.9. The molecule has 0 aromatic carbocycles. The van der Waals surface area contributed by atoms with Crippen LogP contribution < -0.4 is 5.73 Å². The molecule has 0 bridgehead atoms. The van der Waals surface area contributed by atoms with Crippen molar-refractivity contribution in [3.05, 3.63) is 0 Å². The van der Waals surface area contributed by atoms with Gasteiger partial charge in [0.1, 0.15) is 0 Å². The summed E-state index contributed by atoms with van der Waals surface area (Å²) in [7, 11) is 0. The maximum Gasteiger partial charge on any atom is 0.235 e. The highest BCUT2D eigenvalue weighted by molar-refractivity contribution is 7.80. The predicted octanol–water partition coefficient (Wildman–Crippen LogP) is 2.17. The zero-order valence-electron chi connectivity index (χ0n) is 13.4. The van der Waals surface area contributed by atoms with Crippen LogP contribution in [0.3, 0.4) is 0 Å². The van der Waals surface area contributed by atoms with Crippen LogP contribution in [0.4, 0.5) is 0 Å². The number of rotatable bonds is 4. The molecule has 2 rings (SSSR count). The molecule has 0 aromatic heterocycles. The molecule has 1 unspecified atom stereocenters. The molecule has 1 saturated carbocycles. The molecule has 2 aliphatic rings. The van der Waals surface area contributed by atoms with E-state index in [0.29, 0.717) is 11.0 Å². The lowest BCUT2D eigenvalue weighted by Gasteiger charge is -2.43. The fourth-order valence-electron chi connectivity index (χ4n) is 3.65. The number of piperazine rings is 1. The summed E-state index contributed by atoms with van der Waals surface area (Å²) < 4.78 is 0. The van der Waals surface area contributed by atoms with Gasteiger partial charge in [-0.3, -0.25) is 9.69 Å². The van der Waals surface area contributed by atoms with Gasteiger partial charge in [-0.25, -0.2) is 0 Å². The van der Waals surface area contributed by atoms with Crippen LogP contribution in [0.5, 0.6) is 0 Å². The Kier molecular flexibility index (Phi) is 5.60. The molecule has 0 spiro atoms. The summed E-state index contributed by atoms with van der Waals surface area (Å²) in [5.74, 6) is 0.193. The zero-order valence-corrected chi connectivity index (χ0v) is 14.3. The van der Waals surface area contributed by atoms with E-state index in [2.05, 4.69) is 18.7 Å². The van der Waals surface area contributed by atoms with Crippen LogP contribution in [-0.2, 0) is 4.79 Å². The second kappa shape index (κ2) is 7.05. The minimum atomic E-state index is -0.549. The molecule has 21 heavy (non-hydrogen) atoms. The maximum absolute atomic E-state index is 13.0. The molecular formula is C16H29N3OS. The van der Waals surface area contributed by atoms with Gasteiger partial charge in [0.15, 0.2) is 0 Å². The third kappa shape index (κ3) is 3.39. The summed E-state index contributed by atoms with van der Waals surface area (Å²) in [6.07, 6.45) is 6.16. The fraction of sp³-hybridized carbons (Fsp3) is 0.875. The van der Waals surface area contributed by atoms with Crippen molar-refractivity contribution in [3.63, 3.8) is 0 Å². The topological polar surface area (TPSA) is 49.6 Å². The van der Waals surface area contributed by atoms with E-state index >= 15 is 0 Å². The van der Waals surface area contributed by atoms with Gasteiger partial charge in [0, 0.05) is 32.2 Å². The van der Waals surface area contributed by atoms with Crippen molar-refractivity contribution in [2.75, 3.05) is 26.2 Å². The van der Waals surface area contributed by atoms with E-state index < -0.39 is 5.41 Å². The molecule has 4 nitrogen and oxygen atoms in total. The number of nitrogens with two attached hydrogens (primary N) is 1. The van der Waals surface area contributed by atoms with E-state index in [1.165, 1.54) is 6.42 Å². The molecule has 1 saturated heterocycles. The lowest BCUT2D eigenvalue weighted by Crippen LogP contribution is -2.57. The van der Waals surface area contributed by atoms with Gasteiger partial charge in [-0.2, -0.15) is 0 Å². The van der Waals surface area contributed by atoms with Crippen molar-refractivity contribution in [2.24, 2.45) is 11.1 Å². The van der Waals surface area contributed by atoms with Gasteiger partial charge < -0.3 is 10.6 Å². The second-order valence-electron chi connectivity index (χ2n) is 6.59. The standard InChI is InChI=1S/C16H29N3OS/c1-3-13(2)18-9-11-19(12-10-18)15(20)16(14(17)21)7-5-4-6-8-16/h13H,3-12H2,1-2H3,(H2,17,21). The van der Waals surface area contributed by atoms with Crippen LogP contribution in [0.2, 0.25) is 0 Å². The Morgan fingerprint density at radius 2 is 1.76 bits per heavy atom. The minimum Gasteiger partial charge on any atom is -0.392 e. The molecule has 1 aliphatic heterocycles. The lowest BCUT2D eigenvalue weighted by atomic mass is 9.72. The summed E-state index contributed by atoms with van der Waals surface area (Å²) in [6.45, 7) is 8.03. The quantitative estimate of drug-likeness (QED) is 0.808. The van der Waals surface area contributed by atoms with E-state index in [4.69, 9.17) is 18.0 Å². The molecule has 120 valence electrons. The molecule has 0 radical (unpaired) electrons. The normalized spacial score (nSPS) is 24.6. The van der Waals surface area contributed by atoms with Crippen LogP contribution in [0.25, 0.3) is 0 Å². The van der Waals surface area contributed by atoms with Crippen LogP contribution in [0, 0.1) is 5.41 Å². The van der Waals surface area contributed by atoms with Crippen LogP contribution in [0.1, 0.15) is 52.4 Å². The average Bonchev–Trinajstić information content (AvgIpc) is 2.54. The van der Waals surface area contributed by atoms with Crippen LogP contribution in [0.15, 0.2) is 0 Å². The van der Waals surface area contributed by atoms with E-state index in [9.17, 15) is 4.79 Å². The SMILES string of the molecule is CCC(C)N1CCN(C(=O)C2(C(N)=S)CCCCC2)CC1. The Hall–Kier alpha value is -0.680. The fourth-order valence-corrected chi connectivity index (χ4v) is 3.94. The summed E-state index contributed by atoms with van der Waals surface area (Å²) in [5.41, 5.74) is 5.43. The first-order valence-electron chi connectivity index (χ1n) is 8.34. The van der Waals surface area contributed by atoms with Crippen LogP contribution >= 0.6 is 12.2 Å². The Morgan fingerprint density at radius 1 is 1.19 bits per heavy atom. The number of carbonyl (C=O) groups excluding carboxylic acids is 1. The van der Waals surface area contributed by atoms with Crippen molar-refractivity contribution >= 4 is 23.1 Å². The monoisotopic (exact) mass is 311 g/mol. The Bertz CT molecular complexity index is 385. The summed E-state index contributed by atoms with van der Waals surface area (Å²) >= 11 is 5.28. The van der Waals surface area contributed by atoms with Crippen molar-refractivity contribution in [1.29, 1.82) is 0 Å². The van der Waals surface area contributed by atoms with E-state index in [-0.39, 0.29) is 5.91 Å². The van der Waals surface area contributed by atoms with Crippen molar-refractivity contribution in [1.82, 2.24) is 9.80 Å². The third-order valence-electron chi connectivity index (χ3n) is 5.40. The highest BCUT2D eigenvalue weighted by Crippen LogP contribution is 2.38. The van der Waals surface area contributed by atoms with Gasteiger partial charge in [0.2, 0.25) is 5.91 Å². The smallest absolute Gasteiger partial charge is 0.235 e. The van der Waals surface area contributed by atoms with E-state index in [1.54, 1.807) is 0 Å². The van der Waals surface area contributed by atoms with Crippen LogP contribution in [-0.4, -0.2) is 52.9 Å². The van der Waals surface area contributed by atoms with Crippen molar-refractivity contribution < 1.29 is 4.79 Å². The van der Waals surface area contributed by atoms with Gasteiger partial charge in [0.05, 0.1) is 10.4 Å². The minimum absolute atomic E-state index is 0.193. The Morgan fingerprint density at radius 3 is 2.24 bits per heavy atom. The number of carbonyl (C=O) groups is 1. The highest BCUT2D eigenvalue weighted by Gasteiger charge is 2.45. The molecule has 2 N–H and O–H groups in total. The van der Waals surface area contributed by atoms with E-state index in [0.717, 1.165) is 58.3 Å². The Labute approximate surface area is 134 Å². The number of nitrogens with zero attached hydrogens (tertiary/aromatic N) is 2. The first-order chi connectivity index (χ1) is 10.0. The third-order valence-corrected chi connectivity index (χ3v) is 5.79. The predicted molar refractivity (Wildman–Crippen MR) is 90.2 cm³/mol. The average molecular weight is 311 g/mol. The van der Waals surface area contributed by atoms with Gasteiger partial charge in [-0.15, -0.1) is 0 Å². The van der Waals surface area contributed by atoms with Gasteiger partial charge in [-0.05, 0) is 26.2 Å². The maximum atomic E-state index is 13.0. The van der Waals surface area contributed by atoms with Gasteiger partial charge in [-0.1, -0.05) is 38.4 Å². The highest BCUT2D eigenvalue weighted by atomic mass is 32.1. The molecule has 0 aromatic rings. The molecule has 1 amide bonds. The molecule has 1 atom stereocenters. The first-order valence-corrected chi connectivity index (χ1v) is 8.75. The molecule has 5 heteroatoms. The molecule has 1 heterocycles. The molecular weight excluding hydrogens is 282 g/mol. The number of hydrogen-bond acceptors (Lipinski definition) is 3. The van der Waals surface area contributed by atoms with Crippen molar-refractivity contribution in [2.45, 2.75) is 58.4 Å². The number of hydrogen-bond donors (Lipinski definition) is 1. The summed E-state index contributed by atoms with van der Waals surface area (Å²) in [6, 6.07) is 0.599. The number of thiocarbonyl (C=S) groups is 1. The second-order valence-corrected chi connectivity index (χ2v) is 7.03. The van der Waals surface area contributed by atoms with Gasteiger partial charge in [0.25, 0.3) is 0 Å². The van der Waals surface area contributed by atoms with Crippen molar-refractivity contribution in [3.8, 4) is 0 Å². The first kappa shape index (κ1) is 16.7. The zero-order chi connectivity index (χ0) is 15.5. The number of amides is 1. The Balaban J connectivity index is 2.01. The largest absolute Gasteiger partial charge is 0.392 e. The summed E-state index contributed by atoms with van der Waals surface area (Å²) in [5, 5.41) is 0. The molecule has 1 aliphatic carbocycles. The lowest BCUT2D eigenvalue weighted by molar-refractivity contribution is -0.141. The molecule has 2 fully saturated rings.